The van der Waals surface area contributed by atoms with Gasteiger partial charge in [-0.15, -0.1) is 0 Å². The molecule has 3 N–H and O–H groups in total. The smallest absolute Gasteiger partial charge is 0.319 e. The molecule has 2 aromatic carbocycles. The molecular formula is C24H26F3N3O2. The van der Waals surface area contributed by atoms with E-state index < -0.39 is 34.9 Å². The zero-order valence-corrected chi connectivity index (χ0v) is 17.5. The molecule has 1 fully saturated rings. The fourth-order valence-corrected chi connectivity index (χ4v) is 4.84. The average molecular weight is 445 g/mol. The molecule has 0 radical (unpaired) electrons. The van der Waals surface area contributed by atoms with Crippen molar-refractivity contribution in [2.45, 2.75) is 30.1 Å². The Bertz CT molecular complexity index is 1000. The Labute approximate surface area is 184 Å². The summed E-state index contributed by atoms with van der Waals surface area (Å²) < 4.78 is 44.2. The number of carbonyl (C=O) groups excluding carboxylic acids is 1. The van der Waals surface area contributed by atoms with Crippen molar-refractivity contribution in [3.8, 4) is 0 Å². The maximum Gasteiger partial charge on any atom is 0.319 e. The monoisotopic (exact) mass is 445 g/mol. The van der Waals surface area contributed by atoms with E-state index in [0.717, 1.165) is 23.8 Å². The average Bonchev–Trinajstić information content (AvgIpc) is 3.23. The molecule has 170 valence electrons. The van der Waals surface area contributed by atoms with Crippen LogP contribution in [0.2, 0.25) is 0 Å². The first kappa shape index (κ1) is 22.4. The van der Waals surface area contributed by atoms with Gasteiger partial charge in [0, 0.05) is 31.7 Å². The van der Waals surface area contributed by atoms with Gasteiger partial charge in [-0.25, -0.2) is 18.0 Å². The summed E-state index contributed by atoms with van der Waals surface area (Å²) in [5.41, 5.74) is -2.07. The zero-order valence-electron chi connectivity index (χ0n) is 17.5. The number of halogens is 3. The number of amides is 2. The molecule has 2 aromatic rings. The Morgan fingerprint density at radius 3 is 2.72 bits per heavy atom. The van der Waals surface area contributed by atoms with Gasteiger partial charge in [-0.3, -0.25) is 0 Å². The predicted octanol–water partition coefficient (Wildman–Crippen LogP) is 3.35. The van der Waals surface area contributed by atoms with Crippen molar-refractivity contribution >= 4 is 6.03 Å². The third-order valence-electron chi connectivity index (χ3n) is 6.47. The molecule has 1 saturated heterocycles. The van der Waals surface area contributed by atoms with Crippen molar-refractivity contribution in [2.24, 2.45) is 0 Å². The normalized spacial score (nSPS) is 27.5. The van der Waals surface area contributed by atoms with Crippen LogP contribution in [-0.4, -0.2) is 48.5 Å². The summed E-state index contributed by atoms with van der Waals surface area (Å²) >= 11 is 0. The van der Waals surface area contributed by atoms with E-state index in [1.807, 2.05) is 42.5 Å². The molecule has 8 heteroatoms. The van der Waals surface area contributed by atoms with Crippen LogP contribution in [0.25, 0.3) is 0 Å². The van der Waals surface area contributed by atoms with E-state index in [1.165, 1.54) is 4.90 Å². The molecule has 2 aliphatic heterocycles. The third kappa shape index (κ3) is 3.78. The van der Waals surface area contributed by atoms with Gasteiger partial charge in [0.05, 0.1) is 5.54 Å². The highest BCUT2D eigenvalue weighted by atomic mass is 19.1. The summed E-state index contributed by atoms with van der Waals surface area (Å²) in [6, 6.07) is 11.5. The highest BCUT2D eigenvalue weighted by molar-refractivity contribution is 5.78. The van der Waals surface area contributed by atoms with E-state index in [9.17, 15) is 18.7 Å². The van der Waals surface area contributed by atoms with Gasteiger partial charge in [0.15, 0.2) is 0 Å². The fraction of sp³-hybridized carbons (Fsp3) is 0.375. The molecule has 0 spiro atoms. The molecule has 0 aromatic heterocycles. The van der Waals surface area contributed by atoms with E-state index in [2.05, 4.69) is 10.6 Å². The summed E-state index contributed by atoms with van der Waals surface area (Å²) in [7, 11) is 0. The Morgan fingerprint density at radius 1 is 1.22 bits per heavy atom. The minimum Gasteiger partial charge on any atom is -0.396 e. The van der Waals surface area contributed by atoms with E-state index in [4.69, 9.17) is 0 Å². The van der Waals surface area contributed by atoms with Crippen molar-refractivity contribution in [3.63, 3.8) is 0 Å². The molecule has 0 bridgehead atoms. The van der Waals surface area contributed by atoms with Crippen LogP contribution in [0.4, 0.5) is 18.0 Å². The largest absolute Gasteiger partial charge is 0.396 e. The van der Waals surface area contributed by atoms with Gasteiger partial charge in [-0.2, -0.15) is 0 Å². The van der Waals surface area contributed by atoms with Gasteiger partial charge < -0.3 is 20.6 Å². The number of rotatable bonds is 5. The number of hydrogen-bond donors (Lipinski definition) is 3. The van der Waals surface area contributed by atoms with Crippen LogP contribution < -0.4 is 10.6 Å². The van der Waals surface area contributed by atoms with Gasteiger partial charge in [0.25, 0.3) is 0 Å². The summed E-state index contributed by atoms with van der Waals surface area (Å²) in [5, 5.41) is 15.4. The van der Waals surface area contributed by atoms with E-state index in [1.54, 1.807) is 0 Å². The van der Waals surface area contributed by atoms with Gasteiger partial charge >= 0.3 is 6.03 Å². The first-order valence-electron chi connectivity index (χ1n) is 10.7. The lowest BCUT2D eigenvalue weighted by molar-refractivity contribution is 0.0844. The first-order chi connectivity index (χ1) is 15.4. The van der Waals surface area contributed by atoms with Gasteiger partial charge in [0.1, 0.15) is 23.3 Å². The van der Waals surface area contributed by atoms with Crippen LogP contribution in [0.1, 0.15) is 24.0 Å². The third-order valence-corrected chi connectivity index (χ3v) is 6.47. The Morgan fingerprint density at radius 2 is 2.00 bits per heavy atom. The molecular weight excluding hydrogens is 419 g/mol. The summed E-state index contributed by atoms with van der Waals surface area (Å²) in [6.07, 6.45) is 2.29. The summed E-state index contributed by atoms with van der Waals surface area (Å²) in [6.45, 7) is 0.282. The second-order valence-electron chi connectivity index (χ2n) is 8.22. The number of nitrogens with zero attached hydrogens (tertiary/aromatic N) is 1. The molecule has 0 aliphatic carbocycles. The Kier molecular flexibility index (Phi) is 6.26. The van der Waals surface area contributed by atoms with Crippen LogP contribution in [0.15, 0.2) is 60.7 Å². The number of hydrogen-bond acceptors (Lipinski definition) is 3. The zero-order chi connectivity index (χ0) is 22.8. The lowest BCUT2D eigenvalue weighted by atomic mass is 9.79. The number of aliphatic hydroxyl groups excluding tert-OH is 1. The Hall–Kier alpha value is -2.84. The number of benzene rings is 2. The van der Waals surface area contributed by atoms with E-state index in [0.29, 0.717) is 6.54 Å². The SMILES string of the molecule is O=C(NC1(c2cc(F)ccc2F)CCNCC1F)N1CC=CC1(CCO)c1ccccc1. The number of urea groups is 1. The number of carbonyl (C=O) groups is 1. The molecule has 3 unspecified atom stereocenters. The molecule has 2 heterocycles. The lowest BCUT2D eigenvalue weighted by Crippen LogP contribution is -2.63. The minimum absolute atomic E-state index is 0.0554. The standard InChI is InChI=1S/C24H26F3N3O2/c25-18-7-8-20(26)19(15-18)24(10-12-28-16-21(24)27)29-22(32)30-13-4-9-23(30,11-14-31)17-5-2-1-3-6-17/h1-9,15,21,28,31H,10-14,16H2,(H,29,32). The number of alkyl halides is 1. The second-order valence-corrected chi connectivity index (χ2v) is 8.22. The van der Waals surface area contributed by atoms with Crippen molar-refractivity contribution in [1.82, 2.24) is 15.5 Å². The molecule has 2 amide bonds. The highest BCUT2D eigenvalue weighted by Crippen LogP contribution is 2.40. The van der Waals surface area contributed by atoms with Crippen molar-refractivity contribution in [3.05, 3.63) is 83.4 Å². The maximum atomic E-state index is 15.4. The number of nitrogens with one attached hydrogen (secondary N) is 2. The minimum atomic E-state index is -1.72. The lowest BCUT2D eigenvalue weighted by Gasteiger charge is -2.45. The molecule has 5 nitrogen and oxygen atoms in total. The van der Waals surface area contributed by atoms with Crippen LogP contribution in [0.5, 0.6) is 0 Å². The topological polar surface area (TPSA) is 64.6 Å². The number of piperidine rings is 1. The molecule has 2 aliphatic rings. The van der Waals surface area contributed by atoms with Crippen LogP contribution in [0.3, 0.4) is 0 Å². The van der Waals surface area contributed by atoms with Crippen LogP contribution in [0, 0.1) is 11.6 Å². The van der Waals surface area contributed by atoms with E-state index >= 15 is 4.39 Å². The fourth-order valence-electron chi connectivity index (χ4n) is 4.84. The van der Waals surface area contributed by atoms with Crippen molar-refractivity contribution in [1.29, 1.82) is 0 Å². The molecule has 32 heavy (non-hydrogen) atoms. The molecule has 0 saturated carbocycles. The summed E-state index contributed by atoms with van der Waals surface area (Å²) in [4.78, 5) is 15.1. The van der Waals surface area contributed by atoms with Gasteiger partial charge in [0.2, 0.25) is 0 Å². The molecule has 3 atom stereocenters. The van der Waals surface area contributed by atoms with Crippen molar-refractivity contribution in [2.75, 3.05) is 26.2 Å². The first-order valence-corrected chi connectivity index (χ1v) is 10.7. The number of aliphatic hydroxyl groups is 1. The van der Waals surface area contributed by atoms with Gasteiger partial charge in [-0.05, 0) is 36.7 Å². The molecule has 4 rings (SSSR count). The second kappa shape index (κ2) is 8.96. The van der Waals surface area contributed by atoms with Crippen molar-refractivity contribution < 1.29 is 23.1 Å². The van der Waals surface area contributed by atoms with Crippen LogP contribution >= 0.6 is 0 Å². The quantitative estimate of drug-likeness (QED) is 0.619. The maximum absolute atomic E-state index is 15.4. The van der Waals surface area contributed by atoms with Crippen LogP contribution in [-0.2, 0) is 11.1 Å². The Balaban J connectivity index is 1.73. The highest BCUT2D eigenvalue weighted by Gasteiger charge is 2.49. The predicted molar refractivity (Wildman–Crippen MR) is 115 cm³/mol. The summed E-state index contributed by atoms with van der Waals surface area (Å²) in [5.74, 6) is -1.48. The van der Waals surface area contributed by atoms with E-state index in [-0.39, 0.29) is 38.1 Å². The van der Waals surface area contributed by atoms with Gasteiger partial charge in [-0.1, -0.05) is 42.5 Å².